The van der Waals surface area contributed by atoms with Gasteiger partial charge in [-0.1, -0.05) is 30.3 Å². The van der Waals surface area contributed by atoms with Crippen molar-refractivity contribution in [3.63, 3.8) is 0 Å². The summed E-state index contributed by atoms with van der Waals surface area (Å²) >= 11 is 0. The molecular weight excluding hydrogens is 469 g/mol. The van der Waals surface area contributed by atoms with Crippen LogP contribution in [0.1, 0.15) is 29.5 Å². The van der Waals surface area contributed by atoms with Gasteiger partial charge in [-0.15, -0.1) is 13.2 Å². The molecule has 0 spiro atoms. The Morgan fingerprint density at radius 3 is 2.61 bits per heavy atom. The zero-order valence-electron chi connectivity index (χ0n) is 21.0. The number of para-hydroxylation sites is 1. The van der Waals surface area contributed by atoms with E-state index >= 15 is 0 Å². The standard InChI is InChI=1S/C27H35F3N4O2/c1-32(2)14-15-34(19-22-6-3-4-9-25(22)36-27(28,29)30)26(35)16-31-24-8-5-7-21-18-33(13-12-23(21)24)17-20-10-11-20/h3-9,20,31H,10-19H2,1-2H3. The van der Waals surface area contributed by atoms with Crippen LogP contribution in [0.15, 0.2) is 42.5 Å². The second kappa shape index (κ2) is 11.5. The van der Waals surface area contributed by atoms with Crippen molar-refractivity contribution in [3.8, 4) is 5.75 Å². The van der Waals surface area contributed by atoms with Crippen molar-refractivity contribution in [2.24, 2.45) is 5.92 Å². The highest BCUT2D eigenvalue weighted by atomic mass is 19.4. The van der Waals surface area contributed by atoms with E-state index in [1.165, 1.54) is 36.1 Å². The number of fused-ring (bicyclic) bond motifs is 1. The molecule has 2 aromatic carbocycles. The van der Waals surface area contributed by atoms with Crippen LogP contribution in [-0.4, -0.2) is 73.8 Å². The molecule has 1 saturated carbocycles. The third-order valence-electron chi connectivity index (χ3n) is 6.72. The summed E-state index contributed by atoms with van der Waals surface area (Å²) in [6.45, 7) is 4.18. The summed E-state index contributed by atoms with van der Waals surface area (Å²) in [5.74, 6) is 0.390. The number of benzene rings is 2. The molecule has 0 saturated heterocycles. The van der Waals surface area contributed by atoms with E-state index in [0.29, 0.717) is 18.7 Å². The van der Waals surface area contributed by atoms with Gasteiger partial charge in [-0.25, -0.2) is 0 Å². The van der Waals surface area contributed by atoms with Crippen LogP contribution < -0.4 is 10.1 Å². The molecule has 36 heavy (non-hydrogen) atoms. The third-order valence-corrected chi connectivity index (χ3v) is 6.72. The number of alkyl halides is 3. The number of carbonyl (C=O) groups is 1. The van der Waals surface area contributed by atoms with Crippen LogP contribution in [0.25, 0.3) is 0 Å². The van der Waals surface area contributed by atoms with Gasteiger partial charge in [0, 0.05) is 50.5 Å². The number of rotatable bonds is 11. The normalized spacial score (nSPS) is 16.1. The Hall–Kier alpha value is -2.78. The Kier molecular flexibility index (Phi) is 8.41. The van der Waals surface area contributed by atoms with Crippen molar-refractivity contribution in [1.29, 1.82) is 0 Å². The Morgan fingerprint density at radius 1 is 1.11 bits per heavy atom. The zero-order chi connectivity index (χ0) is 25.7. The molecule has 0 unspecified atom stereocenters. The van der Waals surface area contributed by atoms with Crippen molar-refractivity contribution in [2.45, 2.75) is 38.7 Å². The Morgan fingerprint density at radius 2 is 1.89 bits per heavy atom. The highest BCUT2D eigenvalue weighted by Gasteiger charge is 2.32. The van der Waals surface area contributed by atoms with Gasteiger partial charge in [0.05, 0.1) is 6.54 Å². The van der Waals surface area contributed by atoms with Gasteiger partial charge >= 0.3 is 6.36 Å². The van der Waals surface area contributed by atoms with Gasteiger partial charge in [-0.05, 0) is 62.5 Å². The number of ether oxygens (including phenoxy) is 1. The first-order chi connectivity index (χ1) is 17.2. The Bertz CT molecular complexity index is 1040. The molecule has 9 heteroatoms. The first-order valence-electron chi connectivity index (χ1n) is 12.5. The average molecular weight is 505 g/mol. The van der Waals surface area contributed by atoms with Gasteiger partial charge in [0.2, 0.25) is 5.91 Å². The summed E-state index contributed by atoms with van der Waals surface area (Å²) in [5, 5.41) is 3.31. The number of halogens is 3. The van der Waals surface area contributed by atoms with Crippen LogP contribution in [-0.2, 0) is 24.3 Å². The monoisotopic (exact) mass is 504 g/mol. The van der Waals surface area contributed by atoms with Crippen LogP contribution in [0.3, 0.4) is 0 Å². The first kappa shape index (κ1) is 26.3. The lowest BCUT2D eigenvalue weighted by Crippen LogP contribution is -2.39. The van der Waals surface area contributed by atoms with E-state index in [1.807, 2.05) is 31.1 Å². The molecule has 0 radical (unpaired) electrons. The van der Waals surface area contributed by atoms with Gasteiger partial charge in [0.25, 0.3) is 0 Å². The second-order valence-electron chi connectivity index (χ2n) is 10.00. The first-order valence-corrected chi connectivity index (χ1v) is 12.5. The molecule has 0 atom stereocenters. The number of anilines is 1. The van der Waals surface area contributed by atoms with E-state index in [0.717, 1.165) is 37.7 Å². The molecule has 0 bridgehead atoms. The fraction of sp³-hybridized carbons (Fsp3) is 0.519. The molecule has 2 aliphatic rings. The van der Waals surface area contributed by atoms with E-state index < -0.39 is 6.36 Å². The number of amides is 1. The van der Waals surface area contributed by atoms with Gasteiger partial charge in [-0.3, -0.25) is 9.69 Å². The maximum absolute atomic E-state index is 13.3. The minimum Gasteiger partial charge on any atom is -0.405 e. The highest BCUT2D eigenvalue weighted by molar-refractivity contribution is 5.81. The molecule has 4 rings (SSSR count). The van der Waals surface area contributed by atoms with Crippen molar-refractivity contribution < 1.29 is 22.7 Å². The number of likely N-dealkylation sites (N-methyl/N-ethyl adjacent to an activating group) is 1. The minimum absolute atomic E-state index is 0.0314. The molecule has 1 heterocycles. The van der Waals surface area contributed by atoms with Crippen LogP contribution >= 0.6 is 0 Å². The Labute approximate surface area is 211 Å². The van der Waals surface area contributed by atoms with Gasteiger partial charge in [0.15, 0.2) is 0 Å². The summed E-state index contributed by atoms with van der Waals surface area (Å²) in [7, 11) is 3.79. The number of carbonyl (C=O) groups excluding carboxylic acids is 1. The molecule has 1 N–H and O–H groups in total. The lowest BCUT2D eigenvalue weighted by molar-refractivity contribution is -0.275. The van der Waals surface area contributed by atoms with E-state index in [4.69, 9.17) is 0 Å². The van der Waals surface area contributed by atoms with Crippen molar-refractivity contribution in [3.05, 3.63) is 59.2 Å². The summed E-state index contributed by atoms with van der Waals surface area (Å²) in [5.41, 5.74) is 3.82. The molecule has 1 aliphatic heterocycles. The van der Waals surface area contributed by atoms with Crippen molar-refractivity contribution in [1.82, 2.24) is 14.7 Å². The number of nitrogens with one attached hydrogen (secondary N) is 1. The van der Waals surface area contributed by atoms with E-state index in [2.05, 4.69) is 21.0 Å². The molecule has 1 amide bonds. The minimum atomic E-state index is -4.79. The summed E-state index contributed by atoms with van der Waals surface area (Å²) in [6, 6.07) is 12.1. The van der Waals surface area contributed by atoms with Crippen LogP contribution in [0.5, 0.6) is 5.75 Å². The fourth-order valence-electron chi connectivity index (χ4n) is 4.61. The largest absolute Gasteiger partial charge is 0.573 e. The summed E-state index contributed by atoms with van der Waals surface area (Å²) < 4.78 is 42.9. The predicted molar refractivity (Wildman–Crippen MR) is 134 cm³/mol. The predicted octanol–water partition coefficient (Wildman–Crippen LogP) is 4.36. The van der Waals surface area contributed by atoms with Crippen molar-refractivity contribution in [2.75, 3.05) is 52.1 Å². The number of hydrogen-bond acceptors (Lipinski definition) is 5. The third kappa shape index (κ3) is 7.61. The average Bonchev–Trinajstić information content (AvgIpc) is 3.64. The van der Waals surface area contributed by atoms with E-state index in [1.54, 1.807) is 17.0 Å². The van der Waals surface area contributed by atoms with Crippen LogP contribution in [0.4, 0.5) is 18.9 Å². The number of hydrogen-bond donors (Lipinski definition) is 1. The zero-order valence-corrected chi connectivity index (χ0v) is 21.0. The molecule has 0 aromatic heterocycles. The topological polar surface area (TPSA) is 48.1 Å². The van der Waals surface area contributed by atoms with Crippen LogP contribution in [0.2, 0.25) is 0 Å². The lowest BCUT2D eigenvalue weighted by Gasteiger charge is -2.30. The second-order valence-corrected chi connectivity index (χ2v) is 10.00. The van der Waals surface area contributed by atoms with Crippen LogP contribution in [0, 0.1) is 5.92 Å². The maximum Gasteiger partial charge on any atom is 0.573 e. The molecular formula is C27H35F3N4O2. The lowest BCUT2D eigenvalue weighted by atomic mass is 9.97. The summed E-state index contributed by atoms with van der Waals surface area (Å²) in [4.78, 5) is 19.3. The highest BCUT2D eigenvalue weighted by Crippen LogP contribution is 2.33. The number of nitrogens with zero attached hydrogens (tertiary/aromatic N) is 3. The molecule has 196 valence electrons. The molecule has 1 fully saturated rings. The van der Waals surface area contributed by atoms with Crippen molar-refractivity contribution >= 4 is 11.6 Å². The van der Waals surface area contributed by atoms with Gasteiger partial charge in [0.1, 0.15) is 5.75 Å². The Balaban J connectivity index is 1.42. The smallest absolute Gasteiger partial charge is 0.405 e. The maximum atomic E-state index is 13.3. The molecule has 6 nitrogen and oxygen atoms in total. The van der Waals surface area contributed by atoms with Gasteiger partial charge in [-0.2, -0.15) is 0 Å². The summed E-state index contributed by atoms with van der Waals surface area (Å²) in [6.07, 6.45) is -1.18. The quantitative estimate of drug-likeness (QED) is 0.493. The molecule has 1 aliphatic carbocycles. The fourth-order valence-corrected chi connectivity index (χ4v) is 4.61. The van der Waals surface area contributed by atoms with Gasteiger partial charge < -0.3 is 19.9 Å². The SMILES string of the molecule is CN(C)CCN(Cc1ccccc1OC(F)(F)F)C(=O)CNc1cccc2c1CCN(CC1CC1)C2. The molecule has 2 aromatic rings. The van der Waals surface area contributed by atoms with E-state index in [-0.39, 0.29) is 24.7 Å². The van der Waals surface area contributed by atoms with E-state index in [9.17, 15) is 18.0 Å².